The average Bonchev–Trinajstić information content (AvgIpc) is 3.46. The molecule has 0 N–H and O–H groups in total. The highest BCUT2D eigenvalue weighted by atomic mass is 16.4. The Kier molecular flexibility index (Phi) is 4.40. The molecule has 35 heavy (non-hydrogen) atoms. The SMILES string of the molecule is C=C(C)C1CCCc2cc3c4ccccc4n(-c4nc5c(-c6ccccn6)cccc5o4)c3nc21. The number of oxazole rings is 1. The van der Waals surface area contributed by atoms with Gasteiger partial charge in [-0.05, 0) is 62.1 Å². The van der Waals surface area contributed by atoms with E-state index >= 15 is 0 Å². The minimum absolute atomic E-state index is 0.286. The van der Waals surface area contributed by atoms with Crippen molar-refractivity contribution in [2.24, 2.45) is 0 Å². The maximum atomic E-state index is 6.38. The highest BCUT2D eigenvalue weighted by Gasteiger charge is 2.26. The Morgan fingerprint density at radius 1 is 1.00 bits per heavy atom. The highest BCUT2D eigenvalue weighted by molar-refractivity contribution is 6.08. The van der Waals surface area contributed by atoms with E-state index in [2.05, 4.69) is 53.4 Å². The molecule has 0 aliphatic heterocycles. The maximum absolute atomic E-state index is 6.38. The minimum atomic E-state index is 0.286. The number of allylic oxidation sites excluding steroid dienone is 1. The number of aromatic nitrogens is 4. The van der Waals surface area contributed by atoms with Crippen molar-refractivity contribution in [1.29, 1.82) is 0 Å². The molecule has 170 valence electrons. The van der Waals surface area contributed by atoms with Crippen LogP contribution in [-0.2, 0) is 6.42 Å². The van der Waals surface area contributed by atoms with Crippen LogP contribution in [0.5, 0.6) is 0 Å². The zero-order chi connectivity index (χ0) is 23.5. The molecular weight excluding hydrogens is 432 g/mol. The van der Waals surface area contributed by atoms with Crippen LogP contribution in [0.3, 0.4) is 0 Å². The first-order valence-electron chi connectivity index (χ1n) is 12.1. The Labute approximate surface area is 202 Å². The molecule has 4 heterocycles. The summed E-state index contributed by atoms with van der Waals surface area (Å²) in [7, 11) is 0. The van der Waals surface area contributed by atoms with Gasteiger partial charge in [-0.3, -0.25) is 4.98 Å². The fraction of sp³-hybridized carbons (Fsp3) is 0.167. The number of hydrogen-bond acceptors (Lipinski definition) is 4. The first kappa shape index (κ1) is 20.2. The normalized spacial score (nSPS) is 15.6. The number of rotatable bonds is 3. The Bertz CT molecular complexity index is 1760. The van der Waals surface area contributed by atoms with Gasteiger partial charge >= 0.3 is 6.01 Å². The van der Waals surface area contributed by atoms with Crippen LogP contribution in [0.25, 0.3) is 50.3 Å². The van der Waals surface area contributed by atoms with Gasteiger partial charge in [-0.1, -0.05) is 48.6 Å². The molecule has 6 aromatic rings. The highest BCUT2D eigenvalue weighted by Crippen LogP contribution is 2.40. The summed E-state index contributed by atoms with van der Waals surface area (Å²) >= 11 is 0. The molecule has 7 rings (SSSR count). The van der Waals surface area contributed by atoms with Gasteiger partial charge in [0, 0.05) is 28.5 Å². The lowest BCUT2D eigenvalue weighted by atomic mass is 9.82. The van der Waals surface area contributed by atoms with Crippen molar-refractivity contribution in [2.75, 3.05) is 0 Å². The lowest BCUT2D eigenvalue weighted by Crippen LogP contribution is -2.13. The van der Waals surface area contributed by atoms with E-state index in [0.717, 1.165) is 69.2 Å². The summed E-state index contributed by atoms with van der Waals surface area (Å²) in [6.45, 7) is 6.38. The molecule has 0 amide bonds. The van der Waals surface area contributed by atoms with Gasteiger partial charge in [0.05, 0.1) is 16.9 Å². The van der Waals surface area contributed by atoms with E-state index in [1.54, 1.807) is 6.20 Å². The van der Waals surface area contributed by atoms with Crippen LogP contribution in [-0.4, -0.2) is 19.5 Å². The molecule has 0 fully saturated rings. The maximum Gasteiger partial charge on any atom is 0.309 e. The van der Waals surface area contributed by atoms with E-state index in [1.165, 1.54) is 11.1 Å². The number of para-hydroxylation sites is 2. The largest absolute Gasteiger partial charge is 0.423 e. The zero-order valence-corrected chi connectivity index (χ0v) is 19.5. The molecule has 0 radical (unpaired) electrons. The number of pyridine rings is 2. The summed E-state index contributed by atoms with van der Waals surface area (Å²) in [6.07, 6.45) is 5.11. The molecule has 5 nitrogen and oxygen atoms in total. The molecular formula is C30H24N4O. The van der Waals surface area contributed by atoms with Crippen LogP contribution in [0.1, 0.15) is 36.9 Å². The third kappa shape index (κ3) is 3.04. The molecule has 0 spiro atoms. The topological polar surface area (TPSA) is 56.7 Å². The van der Waals surface area contributed by atoms with Gasteiger partial charge in [0.1, 0.15) is 11.2 Å². The van der Waals surface area contributed by atoms with Gasteiger partial charge in [-0.2, -0.15) is 4.98 Å². The summed E-state index contributed by atoms with van der Waals surface area (Å²) in [6, 6.07) is 23.1. The van der Waals surface area contributed by atoms with Crippen molar-refractivity contribution in [1.82, 2.24) is 19.5 Å². The molecule has 0 saturated heterocycles. The second-order valence-electron chi connectivity index (χ2n) is 9.41. The Morgan fingerprint density at radius 2 is 1.89 bits per heavy atom. The van der Waals surface area contributed by atoms with E-state index < -0.39 is 0 Å². The lowest BCUT2D eigenvalue weighted by Gasteiger charge is -2.25. The first-order chi connectivity index (χ1) is 17.2. The predicted octanol–water partition coefficient (Wildman–Crippen LogP) is 7.38. The molecule has 2 aromatic carbocycles. The standard InChI is InChI=1S/C30H24N4O/c1-18(2)20-11-7-9-19-17-23-21-10-3-4-14-25(21)34(29(23)32-27(19)20)30-33-28-22(12-8-15-26(28)35-30)24-13-5-6-16-31-24/h3-6,8,10,12-17,20H,1,7,9,11H2,2H3. The molecule has 1 atom stereocenters. The Balaban J connectivity index is 1.53. The van der Waals surface area contributed by atoms with Crippen LogP contribution < -0.4 is 0 Å². The van der Waals surface area contributed by atoms with Crippen LogP contribution in [0, 0.1) is 0 Å². The number of fused-ring (bicyclic) bond motifs is 5. The van der Waals surface area contributed by atoms with Gasteiger partial charge in [-0.25, -0.2) is 9.55 Å². The Hall–Kier alpha value is -4.25. The minimum Gasteiger partial charge on any atom is -0.423 e. The smallest absolute Gasteiger partial charge is 0.309 e. The predicted molar refractivity (Wildman–Crippen MR) is 140 cm³/mol. The van der Waals surface area contributed by atoms with Gasteiger partial charge in [0.25, 0.3) is 0 Å². The molecule has 1 aliphatic carbocycles. The summed E-state index contributed by atoms with van der Waals surface area (Å²) in [5.41, 5.74) is 8.90. The van der Waals surface area contributed by atoms with Crippen molar-refractivity contribution < 1.29 is 4.42 Å². The molecule has 1 unspecified atom stereocenters. The quantitative estimate of drug-likeness (QED) is 0.261. The van der Waals surface area contributed by atoms with Gasteiger partial charge < -0.3 is 4.42 Å². The van der Waals surface area contributed by atoms with Crippen molar-refractivity contribution in [3.05, 3.63) is 96.3 Å². The van der Waals surface area contributed by atoms with Crippen molar-refractivity contribution in [3.63, 3.8) is 0 Å². The summed E-state index contributed by atoms with van der Waals surface area (Å²) in [5, 5.41) is 2.29. The third-order valence-corrected chi connectivity index (χ3v) is 7.17. The van der Waals surface area contributed by atoms with Crippen molar-refractivity contribution in [3.8, 4) is 17.3 Å². The molecule has 0 bridgehead atoms. The van der Waals surface area contributed by atoms with Crippen LogP contribution >= 0.6 is 0 Å². The third-order valence-electron chi connectivity index (χ3n) is 7.17. The number of hydrogen-bond donors (Lipinski definition) is 0. The second-order valence-corrected chi connectivity index (χ2v) is 9.41. The number of nitrogens with zero attached hydrogens (tertiary/aromatic N) is 4. The van der Waals surface area contributed by atoms with Crippen LogP contribution in [0.4, 0.5) is 0 Å². The number of aryl methyl sites for hydroxylation is 1. The summed E-state index contributed by atoms with van der Waals surface area (Å²) in [4.78, 5) is 14.8. The van der Waals surface area contributed by atoms with Gasteiger partial charge in [0.15, 0.2) is 5.58 Å². The van der Waals surface area contributed by atoms with Crippen molar-refractivity contribution >= 4 is 33.0 Å². The molecule has 0 saturated carbocycles. The Morgan fingerprint density at radius 3 is 2.74 bits per heavy atom. The van der Waals surface area contributed by atoms with E-state index in [-0.39, 0.29) is 5.92 Å². The fourth-order valence-electron chi connectivity index (χ4n) is 5.51. The number of benzene rings is 2. The van der Waals surface area contributed by atoms with E-state index in [4.69, 9.17) is 14.4 Å². The van der Waals surface area contributed by atoms with E-state index in [1.807, 2.05) is 36.4 Å². The fourth-order valence-corrected chi connectivity index (χ4v) is 5.51. The monoisotopic (exact) mass is 456 g/mol. The van der Waals surface area contributed by atoms with Gasteiger partial charge in [0.2, 0.25) is 0 Å². The molecule has 5 heteroatoms. The second kappa shape index (κ2) is 7.64. The van der Waals surface area contributed by atoms with Crippen LogP contribution in [0.15, 0.2) is 89.5 Å². The van der Waals surface area contributed by atoms with E-state index in [0.29, 0.717) is 6.01 Å². The molecule has 1 aliphatic rings. The first-order valence-corrected chi connectivity index (χ1v) is 12.1. The van der Waals surface area contributed by atoms with E-state index in [9.17, 15) is 0 Å². The summed E-state index contributed by atoms with van der Waals surface area (Å²) < 4.78 is 8.44. The zero-order valence-electron chi connectivity index (χ0n) is 19.5. The van der Waals surface area contributed by atoms with Gasteiger partial charge in [-0.15, -0.1) is 0 Å². The average molecular weight is 457 g/mol. The summed E-state index contributed by atoms with van der Waals surface area (Å²) in [5.74, 6) is 0.286. The van der Waals surface area contributed by atoms with Crippen molar-refractivity contribution in [2.45, 2.75) is 32.1 Å². The van der Waals surface area contributed by atoms with Crippen LogP contribution in [0.2, 0.25) is 0 Å². The lowest BCUT2D eigenvalue weighted by molar-refractivity contribution is 0.570. The molecule has 4 aromatic heterocycles.